The predicted molar refractivity (Wildman–Crippen MR) is 433 cm³/mol. The summed E-state index contributed by atoms with van der Waals surface area (Å²) in [5.41, 5.74) is 21.5. The third-order valence-corrected chi connectivity index (χ3v) is 21.9. The molecule has 2 aromatic heterocycles. The van der Waals surface area contributed by atoms with Crippen molar-refractivity contribution in [1.82, 2.24) is 19.9 Å². The van der Waals surface area contributed by atoms with Crippen molar-refractivity contribution >= 4 is 126 Å². The maximum Gasteiger partial charge on any atom is 0 e. The predicted octanol–water partition coefficient (Wildman–Crippen LogP) is 20.9. The molecule has 540 valence electrons. The van der Waals surface area contributed by atoms with E-state index in [2.05, 4.69) is 203 Å². The Morgan fingerprint density at radius 2 is 0.820 bits per heavy atom. The van der Waals surface area contributed by atoms with Gasteiger partial charge in [0, 0.05) is 49.2 Å². The summed E-state index contributed by atoms with van der Waals surface area (Å²) >= 11 is 1.03. The van der Waals surface area contributed by atoms with Gasteiger partial charge in [0.05, 0.1) is 63.3 Å². The Kier molecular flexibility index (Phi) is 39.1. The second kappa shape index (κ2) is 42.2. The van der Waals surface area contributed by atoms with Crippen LogP contribution in [0.3, 0.4) is 0 Å². The molecule has 2 atom stereocenters. The number of fused-ring (bicyclic) bond motifs is 2. The third kappa shape index (κ3) is 31.3. The van der Waals surface area contributed by atoms with Crippen LogP contribution in [0.4, 0.5) is 34.9 Å². The van der Waals surface area contributed by atoms with E-state index in [1.807, 2.05) is 78.9 Å². The third-order valence-electron chi connectivity index (χ3n) is 15.3. The quantitative estimate of drug-likeness (QED) is 0.0383. The molecule has 0 aliphatic carbocycles. The van der Waals surface area contributed by atoms with Gasteiger partial charge < -0.3 is 35.9 Å². The Morgan fingerprint density at radius 3 is 1.12 bits per heavy atom. The zero-order valence-corrected chi connectivity index (χ0v) is 72.1. The number of rotatable bonds is 12. The minimum absolute atomic E-state index is 0. The number of hydrogen-bond donors (Lipinski definition) is 4. The SMILES string of the molecule is CC(C)(C)C(C)(C)C.CC(C)(C)C(C)(C)C.CC(C)(C)P.COc1cc(/C=C/C#N)cc(OC)c1-c1cccc2c(N)nc(Nc3ccc(C#N)cc3)nc12.COc1cc(/C=C/C#N)cc(OC)c1Br.C[C-](C)C.P.[CH3][Sn]([CH3])([CH3])[c]1cccc2c(N)nc(Nc3ccc(C#N)cc3)nc12.[Pd]. The first-order chi connectivity index (χ1) is 45.4. The van der Waals surface area contributed by atoms with Gasteiger partial charge in [0.15, 0.2) is 0 Å². The van der Waals surface area contributed by atoms with Crippen LogP contribution in [-0.2, 0) is 20.4 Å². The molecule has 0 fully saturated rings. The van der Waals surface area contributed by atoms with Crippen molar-refractivity contribution in [2.45, 2.75) is 145 Å². The van der Waals surface area contributed by atoms with Gasteiger partial charge in [0.2, 0.25) is 5.95 Å². The Morgan fingerprint density at radius 1 is 0.510 bits per heavy atom. The van der Waals surface area contributed by atoms with Crippen molar-refractivity contribution in [2.24, 2.45) is 21.7 Å². The van der Waals surface area contributed by atoms with Crippen molar-refractivity contribution in [3.05, 3.63) is 154 Å². The number of nitrogen functional groups attached to an aromatic ring is 2. The summed E-state index contributed by atoms with van der Waals surface area (Å²) in [5, 5.41) is 43.5. The number of halogens is 1. The number of allylic oxidation sites excluding steroid dienone is 2. The van der Waals surface area contributed by atoms with Crippen LogP contribution >= 0.6 is 35.1 Å². The Labute approximate surface area is 630 Å². The summed E-state index contributed by atoms with van der Waals surface area (Å²) in [6.45, 7) is 40.0. The van der Waals surface area contributed by atoms with Gasteiger partial charge in [-0.15, -0.1) is 9.24 Å². The number of benzene rings is 6. The van der Waals surface area contributed by atoms with E-state index >= 15 is 0 Å². The molecule has 0 aliphatic heterocycles. The van der Waals surface area contributed by atoms with Gasteiger partial charge in [0.25, 0.3) is 0 Å². The van der Waals surface area contributed by atoms with Crippen LogP contribution in [0.25, 0.3) is 45.1 Å². The van der Waals surface area contributed by atoms with E-state index in [9.17, 15) is 0 Å². The average Bonchev–Trinajstić information content (AvgIpc) is 0.769. The summed E-state index contributed by atoms with van der Waals surface area (Å²) in [7, 11) is 9.02. The molecule has 8 aromatic rings. The molecule has 0 saturated carbocycles. The Balaban J connectivity index is 0.00000129. The fraction of sp³-hybridized carbons (Fsp3) is 0.380. The van der Waals surface area contributed by atoms with Crippen LogP contribution in [0.1, 0.15) is 147 Å². The molecule has 2 heterocycles. The molecule has 0 aliphatic rings. The van der Waals surface area contributed by atoms with Crippen LogP contribution < -0.4 is 44.6 Å². The maximum absolute atomic E-state index is 9.01. The first-order valence-electron chi connectivity index (χ1n) is 31.9. The molecule has 0 spiro atoms. The first-order valence-corrected chi connectivity index (χ1v) is 43.3. The number of aromatic nitrogens is 4. The first kappa shape index (κ1) is 92.6. The Bertz CT molecular complexity index is 4030. The number of para-hydroxylation sites is 2. The molecule has 16 nitrogen and oxygen atoms in total. The molecule has 6 N–H and O–H groups in total. The van der Waals surface area contributed by atoms with Gasteiger partial charge in [-0.3, -0.25) is 0 Å². The van der Waals surface area contributed by atoms with Crippen molar-refractivity contribution in [2.75, 3.05) is 50.5 Å². The van der Waals surface area contributed by atoms with E-state index < -0.39 is 18.4 Å². The molecular weight excluding hydrogens is 1550 g/mol. The van der Waals surface area contributed by atoms with E-state index in [4.69, 9.17) is 61.4 Å². The monoisotopic (exact) mass is 1660 g/mol. The number of nitrogens with two attached hydrogens (primary N) is 2. The van der Waals surface area contributed by atoms with Crippen molar-refractivity contribution in [3.8, 4) is 58.4 Å². The van der Waals surface area contributed by atoms with Gasteiger partial charge in [-0.2, -0.15) is 51.4 Å². The second-order valence-corrected chi connectivity index (χ2v) is 46.4. The average molecular weight is 1660 g/mol. The molecule has 0 saturated heterocycles. The normalized spacial score (nSPS) is 11.0. The van der Waals surface area contributed by atoms with Crippen LogP contribution in [-0.4, -0.2) is 71.9 Å². The van der Waals surface area contributed by atoms with Gasteiger partial charge in [-0.1, -0.05) is 116 Å². The molecule has 100 heavy (non-hydrogen) atoms. The molecule has 2 unspecified atom stereocenters. The zero-order valence-electron chi connectivity index (χ0n) is 63.5. The minimum atomic E-state index is -2.33. The van der Waals surface area contributed by atoms with Gasteiger partial charge in [0.1, 0.15) is 33.3 Å². The van der Waals surface area contributed by atoms with Gasteiger partial charge in [-0.05, 0) is 121 Å². The van der Waals surface area contributed by atoms with E-state index in [1.165, 1.54) is 21.6 Å². The second-order valence-electron chi connectivity index (χ2n) is 29.5. The number of ether oxygens (including phenoxy) is 4. The fourth-order valence-corrected chi connectivity index (χ4v) is 12.2. The summed E-state index contributed by atoms with van der Waals surface area (Å²) in [4.78, 5) is 25.3. The van der Waals surface area contributed by atoms with Crippen molar-refractivity contribution in [1.29, 1.82) is 21.0 Å². The molecule has 0 radical (unpaired) electrons. The largest absolute Gasteiger partial charge is 0 e. The molecule has 0 amide bonds. The van der Waals surface area contributed by atoms with Crippen molar-refractivity contribution in [3.63, 3.8) is 0 Å². The summed E-state index contributed by atoms with van der Waals surface area (Å²) in [5.74, 6) is 5.47. The van der Waals surface area contributed by atoms with Crippen LogP contribution in [0.2, 0.25) is 14.8 Å². The summed E-state index contributed by atoms with van der Waals surface area (Å²) < 4.78 is 23.8. The topological polar surface area (TPSA) is 260 Å². The van der Waals surface area contributed by atoms with Crippen LogP contribution in [0.5, 0.6) is 23.0 Å². The van der Waals surface area contributed by atoms with Gasteiger partial charge in [-0.25, -0.2) is 4.98 Å². The summed E-state index contributed by atoms with van der Waals surface area (Å²) in [6, 6.07) is 41.3. The van der Waals surface area contributed by atoms with E-state index in [-0.39, 0.29) is 30.3 Å². The van der Waals surface area contributed by atoms with Crippen LogP contribution in [0, 0.1) is 72.9 Å². The molecule has 0 bridgehead atoms. The van der Waals surface area contributed by atoms with E-state index in [0.717, 1.165) is 43.4 Å². The summed E-state index contributed by atoms with van der Waals surface area (Å²) in [6.07, 6.45) is 6.16. The number of anilines is 6. The zero-order chi connectivity index (χ0) is 74.7. The molecule has 21 heteroatoms. The van der Waals surface area contributed by atoms with E-state index in [1.54, 1.807) is 77.0 Å². The molecule has 6 aromatic carbocycles. The number of nitrogens with one attached hydrogen (secondary N) is 2. The fourth-order valence-electron chi connectivity index (χ4n) is 7.33. The van der Waals surface area contributed by atoms with Crippen LogP contribution in [0.15, 0.2) is 126 Å². The Hall–Kier alpha value is -7.36. The minimum Gasteiger partial charge on any atom is 0 e. The number of nitriles is 4. The van der Waals surface area contributed by atoms with E-state index in [0.29, 0.717) is 101 Å². The number of nitrogens with zero attached hydrogens (tertiary/aromatic N) is 8. The molecular formula is C79H108BrN12O4P2PdSn-. The van der Waals surface area contributed by atoms with Gasteiger partial charge >= 0.3 is 146 Å². The standard InChI is InChI=1S/C26H20N6O2.C15H10N5.C11H10BrNO2.2C8H18.C4H11P.C4H9.3CH3.H3P.Pd.Sn/c1-33-21-13-17(5-4-12-27)14-22(34-2)23(21)19-6-3-7-20-24(19)31-26(32-25(20)29)30-18-10-8-16(15-28)9-11-18;16-9-10-5-7-11(8-6-10)18-15-19-13-4-2-1-3-12(13)14(17)20-15;1-14-9-6-8(4-3-5-13)7-10(15-2)11(9)12;2*1-7(2,3)8(4,5)6;1-4(2,3)5;1-4(2)3;;;;;;/h3-11,13-14H,1-2H3,(H3,29,30,31,32);1-3,5-8H,(H3,17,18,19,20);3-4,6-7H,1-2H3;2*1-6H3;5H2,1-3H3;1-3H3;4*1H3;;/q;;;;;;-1;;;;;;/b5-4+;;4-3+;;;;;;;;;;. The molecule has 8 rings (SSSR count). The number of hydrogen-bond acceptors (Lipinski definition) is 16. The smallest absolute Gasteiger partial charge is 0 e. The number of methoxy groups -OCH3 is 4. The van der Waals surface area contributed by atoms with Crippen molar-refractivity contribution < 1.29 is 39.4 Å². The maximum atomic E-state index is 9.01.